The first-order chi connectivity index (χ1) is 9.81. The van der Waals surface area contributed by atoms with Crippen LogP contribution in [-0.2, 0) is 4.74 Å². The Hall–Kier alpha value is -0.900. The number of morpholine rings is 1. The first-order valence-corrected chi connectivity index (χ1v) is 8.02. The van der Waals surface area contributed by atoms with Gasteiger partial charge in [0, 0.05) is 25.7 Å². The molecule has 0 amide bonds. The maximum Gasteiger partial charge on any atom is 0.0760 e. The van der Waals surface area contributed by atoms with E-state index >= 15 is 0 Å². The standard InChI is InChI=1S/C18H30N2O/c1-6-19-16(15-10-8-7-9-11-15)12-20-13-17(2,3)21-18(4,5)14-20/h7-11,16,19H,6,12-14H2,1-5H3. The second-order valence-electron chi connectivity index (χ2n) is 7.31. The second kappa shape index (κ2) is 6.47. The van der Waals surface area contributed by atoms with Crippen LogP contribution < -0.4 is 5.32 Å². The monoisotopic (exact) mass is 290 g/mol. The van der Waals surface area contributed by atoms with Gasteiger partial charge in [-0.05, 0) is 39.8 Å². The van der Waals surface area contributed by atoms with Crippen LogP contribution in [0, 0.1) is 0 Å². The molecule has 1 aliphatic heterocycles. The molecule has 3 nitrogen and oxygen atoms in total. The summed E-state index contributed by atoms with van der Waals surface area (Å²) in [5.74, 6) is 0. The third-order valence-electron chi connectivity index (χ3n) is 3.85. The van der Waals surface area contributed by atoms with Gasteiger partial charge >= 0.3 is 0 Å². The van der Waals surface area contributed by atoms with Crippen LogP contribution in [0.4, 0.5) is 0 Å². The molecule has 1 aromatic carbocycles. The lowest BCUT2D eigenvalue weighted by Gasteiger charge is -2.48. The van der Waals surface area contributed by atoms with Crippen LogP contribution in [0.15, 0.2) is 30.3 Å². The maximum atomic E-state index is 6.18. The second-order valence-corrected chi connectivity index (χ2v) is 7.31. The minimum Gasteiger partial charge on any atom is -0.367 e. The van der Waals surface area contributed by atoms with E-state index in [2.05, 4.69) is 75.2 Å². The van der Waals surface area contributed by atoms with Crippen molar-refractivity contribution in [3.63, 3.8) is 0 Å². The molecule has 0 spiro atoms. The van der Waals surface area contributed by atoms with Crippen LogP contribution in [-0.4, -0.2) is 42.3 Å². The zero-order chi connectivity index (χ0) is 15.5. The highest BCUT2D eigenvalue weighted by Gasteiger charge is 2.38. The molecule has 1 unspecified atom stereocenters. The molecule has 2 rings (SSSR count). The molecule has 3 heteroatoms. The van der Waals surface area contributed by atoms with Crippen molar-refractivity contribution >= 4 is 0 Å². The first-order valence-electron chi connectivity index (χ1n) is 8.02. The van der Waals surface area contributed by atoms with Gasteiger partial charge in [0.2, 0.25) is 0 Å². The van der Waals surface area contributed by atoms with Crippen molar-refractivity contribution in [2.24, 2.45) is 0 Å². The Morgan fingerprint density at radius 2 is 1.67 bits per heavy atom. The van der Waals surface area contributed by atoms with Crippen molar-refractivity contribution in [1.29, 1.82) is 0 Å². The fraction of sp³-hybridized carbons (Fsp3) is 0.667. The summed E-state index contributed by atoms with van der Waals surface area (Å²) in [6, 6.07) is 11.1. The van der Waals surface area contributed by atoms with Crippen molar-refractivity contribution in [3.8, 4) is 0 Å². The van der Waals surface area contributed by atoms with E-state index in [9.17, 15) is 0 Å². The Morgan fingerprint density at radius 3 is 2.19 bits per heavy atom. The largest absolute Gasteiger partial charge is 0.367 e. The summed E-state index contributed by atoms with van der Waals surface area (Å²) in [4.78, 5) is 2.53. The van der Waals surface area contributed by atoms with Crippen molar-refractivity contribution in [2.45, 2.75) is 51.9 Å². The molecule has 21 heavy (non-hydrogen) atoms. The average Bonchev–Trinajstić information content (AvgIpc) is 2.35. The Balaban J connectivity index is 2.10. The number of hydrogen-bond donors (Lipinski definition) is 1. The minimum atomic E-state index is -0.0881. The lowest BCUT2D eigenvalue weighted by Crippen LogP contribution is -2.58. The first kappa shape index (κ1) is 16.5. The molecule has 118 valence electrons. The highest BCUT2D eigenvalue weighted by atomic mass is 16.5. The molecule has 1 fully saturated rings. The molecule has 1 N–H and O–H groups in total. The fourth-order valence-electron chi connectivity index (χ4n) is 3.55. The molecule has 0 saturated carbocycles. The zero-order valence-corrected chi connectivity index (χ0v) is 14.1. The molecule has 1 heterocycles. The van der Waals surface area contributed by atoms with Gasteiger partial charge in [-0.3, -0.25) is 4.90 Å². The van der Waals surface area contributed by atoms with E-state index < -0.39 is 0 Å². The van der Waals surface area contributed by atoms with E-state index in [4.69, 9.17) is 4.74 Å². The normalized spacial score (nSPS) is 22.9. The smallest absolute Gasteiger partial charge is 0.0760 e. The van der Waals surface area contributed by atoms with Crippen molar-refractivity contribution in [1.82, 2.24) is 10.2 Å². The third kappa shape index (κ3) is 4.80. The summed E-state index contributed by atoms with van der Waals surface area (Å²) in [6.07, 6.45) is 0. The average molecular weight is 290 g/mol. The quantitative estimate of drug-likeness (QED) is 0.901. The van der Waals surface area contributed by atoms with Crippen molar-refractivity contribution in [2.75, 3.05) is 26.2 Å². The fourth-order valence-corrected chi connectivity index (χ4v) is 3.55. The van der Waals surface area contributed by atoms with Crippen LogP contribution in [0.2, 0.25) is 0 Å². The maximum absolute atomic E-state index is 6.18. The van der Waals surface area contributed by atoms with E-state index in [0.717, 1.165) is 26.2 Å². The van der Waals surface area contributed by atoms with Gasteiger partial charge in [-0.15, -0.1) is 0 Å². The topological polar surface area (TPSA) is 24.5 Å². The van der Waals surface area contributed by atoms with Gasteiger partial charge in [-0.25, -0.2) is 0 Å². The summed E-state index contributed by atoms with van der Waals surface area (Å²) in [6.45, 7) is 14.9. The van der Waals surface area contributed by atoms with E-state index in [0.29, 0.717) is 6.04 Å². The molecule has 1 saturated heterocycles. The molecule has 0 aromatic heterocycles. The molecular formula is C18H30N2O. The van der Waals surface area contributed by atoms with Gasteiger partial charge in [-0.1, -0.05) is 37.3 Å². The Morgan fingerprint density at radius 1 is 1.10 bits per heavy atom. The van der Waals surface area contributed by atoms with Crippen LogP contribution in [0.5, 0.6) is 0 Å². The zero-order valence-electron chi connectivity index (χ0n) is 14.1. The lowest BCUT2D eigenvalue weighted by molar-refractivity contribution is -0.181. The molecule has 0 radical (unpaired) electrons. The summed E-state index contributed by atoms with van der Waals surface area (Å²) in [7, 11) is 0. The van der Waals surface area contributed by atoms with Crippen molar-refractivity contribution < 1.29 is 4.74 Å². The molecule has 0 bridgehead atoms. The van der Waals surface area contributed by atoms with Gasteiger partial charge in [0.05, 0.1) is 11.2 Å². The summed E-state index contributed by atoms with van der Waals surface area (Å²) < 4.78 is 6.18. The number of benzene rings is 1. The summed E-state index contributed by atoms with van der Waals surface area (Å²) in [5, 5.41) is 3.62. The van der Waals surface area contributed by atoms with Crippen LogP contribution in [0.3, 0.4) is 0 Å². The van der Waals surface area contributed by atoms with Crippen LogP contribution in [0.25, 0.3) is 0 Å². The van der Waals surface area contributed by atoms with Gasteiger partial charge in [0.1, 0.15) is 0 Å². The summed E-state index contributed by atoms with van der Waals surface area (Å²) >= 11 is 0. The molecule has 1 aromatic rings. The lowest BCUT2D eigenvalue weighted by atomic mass is 9.97. The number of ether oxygens (including phenoxy) is 1. The highest BCUT2D eigenvalue weighted by molar-refractivity contribution is 5.19. The number of likely N-dealkylation sites (N-methyl/N-ethyl adjacent to an activating group) is 1. The Labute approximate surface area is 129 Å². The number of rotatable bonds is 5. The Kier molecular flexibility index (Phi) is 5.07. The van der Waals surface area contributed by atoms with Crippen molar-refractivity contribution in [3.05, 3.63) is 35.9 Å². The molecule has 1 aliphatic rings. The van der Waals surface area contributed by atoms with E-state index in [-0.39, 0.29) is 11.2 Å². The van der Waals surface area contributed by atoms with E-state index in [1.807, 2.05) is 0 Å². The van der Waals surface area contributed by atoms with Crippen LogP contribution >= 0.6 is 0 Å². The van der Waals surface area contributed by atoms with Gasteiger partial charge in [0.25, 0.3) is 0 Å². The number of hydrogen-bond acceptors (Lipinski definition) is 3. The Bertz CT molecular complexity index is 426. The number of nitrogens with one attached hydrogen (secondary N) is 1. The van der Waals surface area contributed by atoms with Crippen LogP contribution in [0.1, 0.15) is 46.2 Å². The van der Waals surface area contributed by atoms with Gasteiger partial charge < -0.3 is 10.1 Å². The van der Waals surface area contributed by atoms with Gasteiger partial charge in [0.15, 0.2) is 0 Å². The molecule has 0 aliphatic carbocycles. The highest BCUT2D eigenvalue weighted by Crippen LogP contribution is 2.29. The SMILES string of the molecule is CCNC(CN1CC(C)(C)OC(C)(C)C1)c1ccccc1. The van der Waals surface area contributed by atoms with E-state index in [1.54, 1.807) is 0 Å². The summed E-state index contributed by atoms with van der Waals surface area (Å²) in [5.41, 5.74) is 1.19. The minimum absolute atomic E-state index is 0.0881. The third-order valence-corrected chi connectivity index (χ3v) is 3.85. The number of nitrogens with zero attached hydrogens (tertiary/aromatic N) is 1. The predicted molar refractivity (Wildman–Crippen MR) is 88.5 cm³/mol. The predicted octanol–water partition coefficient (Wildman–Crippen LogP) is 3.23. The van der Waals surface area contributed by atoms with E-state index in [1.165, 1.54) is 5.56 Å². The molecular weight excluding hydrogens is 260 g/mol. The molecule has 1 atom stereocenters. The van der Waals surface area contributed by atoms with Gasteiger partial charge in [-0.2, -0.15) is 0 Å².